The number of benzene rings is 1. The first kappa shape index (κ1) is 20.3. The quantitative estimate of drug-likeness (QED) is 0.624. The maximum atomic E-state index is 12.8. The van der Waals surface area contributed by atoms with Gasteiger partial charge in [-0.1, -0.05) is 17.7 Å². The molecule has 0 aliphatic heterocycles. The number of alkyl halides is 3. The standard InChI is InChI=1S/C16H12ClF3N2O5/c1-26-15(25)21-10-3-2-4-11(6-10)27-13(23)8-22-7-9(16(18,19)20)5-12(17)14(22)24/h2-7H,8H2,1H3,(H,21,25). The summed E-state index contributed by atoms with van der Waals surface area (Å²) in [6.45, 7) is -0.795. The van der Waals surface area contributed by atoms with Gasteiger partial charge in [0.25, 0.3) is 5.56 Å². The van der Waals surface area contributed by atoms with Crippen molar-refractivity contribution in [3.05, 3.63) is 57.5 Å². The van der Waals surface area contributed by atoms with Gasteiger partial charge in [0.15, 0.2) is 0 Å². The Morgan fingerprint density at radius 3 is 2.59 bits per heavy atom. The van der Waals surface area contributed by atoms with Gasteiger partial charge in [0, 0.05) is 18.0 Å². The van der Waals surface area contributed by atoms with Gasteiger partial charge in [-0.25, -0.2) is 9.59 Å². The highest BCUT2D eigenvalue weighted by atomic mass is 35.5. The minimum atomic E-state index is -4.74. The fraction of sp³-hybridized carbons (Fsp3) is 0.188. The molecule has 1 aromatic carbocycles. The maximum absolute atomic E-state index is 12.8. The summed E-state index contributed by atoms with van der Waals surface area (Å²) in [5.74, 6) is -1.01. The van der Waals surface area contributed by atoms with E-state index in [1.54, 1.807) is 0 Å². The molecule has 144 valence electrons. The Morgan fingerprint density at radius 2 is 1.96 bits per heavy atom. The molecule has 2 aromatic rings. The molecule has 0 spiro atoms. The van der Waals surface area contributed by atoms with E-state index < -0.39 is 40.9 Å². The Morgan fingerprint density at radius 1 is 1.26 bits per heavy atom. The van der Waals surface area contributed by atoms with Gasteiger partial charge >= 0.3 is 18.2 Å². The molecular formula is C16H12ClF3N2O5. The van der Waals surface area contributed by atoms with Crippen molar-refractivity contribution in [1.82, 2.24) is 4.57 Å². The van der Waals surface area contributed by atoms with Crippen molar-refractivity contribution < 1.29 is 32.2 Å². The number of nitrogens with one attached hydrogen (secondary N) is 1. The van der Waals surface area contributed by atoms with E-state index in [2.05, 4.69) is 10.1 Å². The highest BCUT2D eigenvalue weighted by Crippen LogP contribution is 2.29. The summed E-state index contributed by atoms with van der Waals surface area (Å²) in [7, 11) is 1.16. The first-order chi connectivity index (χ1) is 12.6. The van der Waals surface area contributed by atoms with Crippen LogP contribution in [0.1, 0.15) is 5.56 Å². The molecule has 0 unspecified atom stereocenters. The maximum Gasteiger partial charge on any atom is 0.417 e. The molecule has 0 atom stereocenters. The van der Waals surface area contributed by atoms with Crippen LogP contribution in [0.5, 0.6) is 5.75 Å². The van der Waals surface area contributed by atoms with E-state index in [-0.39, 0.29) is 11.4 Å². The Hall–Kier alpha value is -3.01. The molecule has 1 N–H and O–H groups in total. The highest BCUT2D eigenvalue weighted by molar-refractivity contribution is 6.30. The van der Waals surface area contributed by atoms with Crippen LogP contribution < -0.4 is 15.6 Å². The smallest absolute Gasteiger partial charge is 0.417 e. The van der Waals surface area contributed by atoms with E-state index in [4.69, 9.17) is 16.3 Å². The lowest BCUT2D eigenvalue weighted by Gasteiger charge is -2.12. The molecular weight excluding hydrogens is 393 g/mol. The second-order valence-electron chi connectivity index (χ2n) is 5.13. The molecule has 0 bridgehead atoms. The van der Waals surface area contributed by atoms with Gasteiger partial charge < -0.3 is 14.0 Å². The number of anilines is 1. The Labute approximate surface area is 155 Å². The second-order valence-corrected chi connectivity index (χ2v) is 5.53. The molecule has 1 amide bonds. The molecule has 0 saturated heterocycles. The lowest BCUT2D eigenvalue weighted by atomic mass is 10.2. The Bertz CT molecular complexity index is 927. The predicted octanol–water partition coefficient (Wildman–Crippen LogP) is 3.30. The Kier molecular flexibility index (Phi) is 6.11. The Balaban J connectivity index is 2.17. The van der Waals surface area contributed by atoms with Crippen molar-refractivity contribution in [2.75, 3.05) is 12.4 Å². The molecule has 27 heavy (non-hydrogen) atoms. The number of carbonyl (C=O) groups is 2. The van der Waals surface area contributed by atoms with Crippen LogP contribution in [0.4, 0.5) is 23.7 Å². The van der Waals surface area contributed by atoms with E-state index in [1.165, 1.54) is 24.3 Å². The number of methoxy groups -OCH3 is 1. The van der Waals surface area contributed by atoms with Gasteiger partial charge in [-0.05, 0) is 18.2 Å². The van der Waals surface area contributed by atoms with Gasteiger partial charge in [-0.15, -0.1) is 0 Å². The molecule has 11 heteroatoms. The van der Waals surface area contributed by atoms with Crippen molar-refractivity contribution in [2.45, 2.75) is 12.7 Å². The summed E-state index contributed by atoms with van der Waals surface area (Å²) in [4.78, 5) is 35.0. The van der Waals surface area contributed by atoms with Crippen LogP contribution in [0.15, 0.2) is 41.3 Å². The van der Waals surface area contributed by atoms with E-state index in [0.29, 0.717) is 16.8 Å². The van der Waals surface area contributed by atoms with Gasteiger partial charge in [-0.3, -0.25) is 10.1 Å². The molecule has 1 heterocycles. The summed E-state index contributed by atoms with van der Waals surface area (Å²) in [6.07, 6.45) is -5.01. The topological polar surface area (TPSA) is 86.6 Å². The summed E-state index contributed by atoms with van der Waals surface area (Å²) < 4.78 is 48.3. The third-order valence-electron chi connectivity index (χ3n) is 3.17. The minimum absolute atomic E-state index is 0.0000231. The average Bonchev–Trinajstić information content (AvgIpc) is 2.58. The lowest BCUT2D eigenvalue weighted by molar-refractivity contribution is -0.139. The number of nitrogens with zero attached hydrogens (tertiary/aromatic N) is 1. The zero-order valence-corrected chi connectivity index (χ0v) is 14.4. The molecule has 0 saturated carbocycles. The van der Waals surface area contributed by atoms with Crippen LogP contribution in [0.3, 0.4) is 0 Å². The molecule has 2 rings (SSSR count). The fourth-order valence-corrected chi connectivity index (χ4v) is 2.21. The van der Waals surface area contributed by atoms with Gasteiger partial charge in [-0.2, -0.15) is 13.2 Å². The van der Waals surface area contributed by atoms with Crippen LogP contribution in [-0.2, 0) is 22.3 Å². The summed E-state index contributed by atoms with van der Waals surface area (Å²) in [5, 5.41) is 1.67. The van der Waals surface area contributed by atoms with Crippen LogP contribution in [0.25, 0.3) is 0 Å². The molecule has 0 fully saturated rings. The molecule has 0 aliphatic rings. The molecule has 0 aliphatic carbocycles. The van der Waals surface area contributed by atoms with Gasteiger partial charge in [0.2, 0.25) is 0 Å². The van der Waals surface area contributed by atoms with E-state index in [0.717, 1.165) is 7.11 Å². The zero-order chi connectivity index (χ0) is 20.2. The first-order valence-electron chi connectivity index (χ1n) is 7.23. The predicted molar refractivity (Wildman–Crippen MR) is 88.8 cm³/mol. The van der Waals surface area contributed by atoms with Crippen molar-refractivity contribution in [3.63, 3.8) is 0 Å². The van der Waals surface area contributed by atoms with Gasteiger partial charge in [0.05, 0.1) is 12.7 Å². The number of esters is 1. The number of ether oxygens (including phenoxy) is 2. The molecule has 0 radical (unpaired) electrons. The summed E-state index contributed by atoms with van der Waals surface area (Å²) >= 11 is 5.51. The van der Waals surface area contributed by atoms with E-state index in [1.807, 2.05) is 0 Å². The minimum Gasteiger partial charge on any atom is -0.453 e. The van der Waals surface area contributed by atoms with Crippen LogP contribution in [0, 0.1) is 0 Å². The highest BCUT2D eigenvalue weighted by Gasteiger charge is 2.32. The summed E-state index contributed by atoms with van der Waals surface area (Å²) in [5.41, 5.74) is -1.89. The third-order valence-corrected chi connectivity index (χ3v) is 3.44. The monoisotopic (exact) mass is 404 g/mol. The van der Waals surface area contributed by atoms with Crippen LogP contribution in [0.2, 0.25) is 5.02 Å². The van der Waals surface area contributed by atoms with Crippen molar-refractivity contribution in [3.8, 4) is 5.75 Å². The van der Waals surface area contributed by atoms with Crippen LogP contribution >= 0.6 is 11.6 Å². The summed E-state index contributed by atoms with van der Waals surface area (Å²) in [6, 6.07) is 6.10. The number of rotatable bonds is 4. The van der Waals surface area contributed by atoms with E-state index in [9.17, 15) is 27.6 Å². The van der Waals surface area contributed by atoms with Crippen molar-refractivity contribution in [2.24, 2.45) is 0 Å². The average molecular weight is 405 g/mol. The number of pyridine rings is 1. The zero-order valence-electron chi connectivity index (χ0n) is 13.7. The number of halogens is 4. The lowest BCUT2D eigenvalue weighted by Crippen LogP contribution is -2.28. The van der Waals surface area contributed by atoms with E-state index >= 15 is 0 Å². The van der Waals surface area contributed by atoms with Gasteiger partial charge in [0.1, 0.15) is 17.3 Å². The van der Waals surface area contributed by atoms with Crippen molar-refractivity contribution >= 4 is 29.4 Å². The molecule has 7 nitrogen and oxygen atoms in total. The number of hydrogen-bond donors (Lipinski definition) is 1. The SMILES string of the molecule is COC(=O)Nc1cccc(OC(=O)Cn2cc(C(F)(F)F)cc(Cl)c2=O)c1. The number of aromatic nitrogens is 1. The first-order valence-corrected chi connectivity index (χ1v) is 7.61. The molecule has 1 aromatic heterocycles. The second kappa shape index (κ2) is 8.12. The van der Waals surface area contributed by atoms with Crippen LogP contribution in [-0.4, -0.2) is 23.7 Å². The number of hydrogen-bond acceptors (Lipinski definition) is 5. The number of amides is 1. The number of carbonyl (C=O) groups excluding carboxylic acids is 2. The van der Waals surface area contributed by atoms with Crippen molar-refractivity contribution in [1.29, 1.82) is 0 Å². The normalized spacial score (nSPS) is 11.0. The fourth-order valence-electron chi connectivity index (χ4n) is 1.98. The third kappa shape index (κ3) is 5.48. The largest absolute Gasteiger partial charge is 0.453 e.